The van der Waals surface area contributed by atoms with Crippen molar-refractivity contribution in [1.82, 2.24) is 20.4 Å². The first kappa shape index (κ1) is 19.6. The van der Waals surface area contributed by atoms with E-state index in [2.05, 4.69) is 15.5 Å². The number of hydrogen-bond donors (Lipinski definition) is 1. The molecular formula is C23H22N4O3. The van der Waals surface area contributed by atoms with Gasteiger partial charge in [0.05, 0.1) is 23.9 Å². The lowest BCUT2D eigenvalue weighted by Gasteiger charge is -2.11. The van der Waals surface area contributed by atoms with Crippen LogP contribution in [0.2, 0.25) is 0 Å². The number of carbonyl (C=O) groups is 1. The van der Waals surface area contributed by atoms with Crippen molar-refractivity contribution in [1.29, 1.82) is 0 Å². The van der Waals surface area contributed by atoms with E-state index < -0.39 is 0 Å². The number of nitrogens with zero attached hydrogens (tertiary/aromatic N) is 3. The van der Waals surface area contributed by atoms with Crippen LogP contribution in [0.4, 0.5) is 0 Å². The monoisotopic (exact) mass is 402 g/mol. The number of carbonyl (C=O) groups excluding carboxylic acids is 1. The fraction of sp³-hybridized carbons (Fsp3) is 0.217. The van der Waals surface area contributed by atoms with Crippen molar-refractivity contribution in [3.63, 3.8) is 0 Å². The standard InChI is InChI=1S/C23H22N4O3/c1-15-25-22(30-27-15)8-5-13-24-23(28)19-14-21(16-9-11-17(29-2)12-10-16)26-20-7-4-3-6-18(19)20/h3-4,6-7,9-12,14H,5,8,13H2,1-2H3,(H,24,28). The van der Waals surface area contributed by atoms with Gasteiger partial charge < -0.3 is 14.6 Å². The molecule has 0 spiro atoms. The van der Waals surface area contributed by atoms with Crippen LogP contribution in [0.1, 0.15) is 28.5 Å². The molecule has 7 nitrogen and oxygen atoms in total. The third kappa shape index (κ3) is 4.30. The second kappa shape index (κ2) is 8.73. The predicted molar refractivity (Wildman–Crippen MR) is 113 cm³/mol. The lowest BCUT2D eigenvalue weighted by atomic mass is 10.0. The maximum Gasteiger partial charge on any atom is 0.252 e. The van der Waals surface area contributed by atoms with Crippen molar-refractivity contribution in [3.8, 4) is 17.0 Å². The van der Waals surface area contributed by atoms with Gasteiger partial charge in [0.2, 0.25) is 5.89 Å². The van der Waals surface area contributed by atoms with Crippen LogP contribution in [-0.2, 0) is 6.42 Å². The lowest BCUT2D eigenvalue weighted by Crippen LogP contribution is -2.25. The summed E-state index contributed by atoms with van der Waals surface area (Å²) in [6.07, 6.45) is 1.33. The molecule has 30 heavy (non-hydrogen) atoms. The van der Waals surface area contributed by atoms with E-state index in [0.29, 0.717) is 36.7 Å². The molecule has 7 heteroatoms. The third-order valence-electron chi connectivity index (χ3n) is 4.77. The lowest BCUT2D eigenvalue weighted by molar-refractivity contribution is 0.0954. The zero-order valence-corrected chi connectivity index (χ0v) is 16.9. The Bertz CT molecular complexity index is 1170. The van der Waals surface area contributed by atoms with Gasteiger partial charge in [-0.2, -0.15) is 4.98 Å². The molecule has 1 N–H and O–H groups in total. The number of rotatable bonds is 7. The molecule has 152 valence electrons. The number of aryl methyl sites for hydroxylation is 2. The number of ether oxygens (including phenoxy) is 1. The fourth-order valence-corrected chi connectivity index (χ4v) is 3.25. The molecule has 0 aliphatic rings. The van der Waals surface area contributed by atoms with Crippen molar-refractivity contribution in [2.75, 3.05) is 13.7 Å². The molecule has 2 heterocycles. The summed E-state index contributed by atoms with van der Waals surface area (Å²) in [6, 6.07) is 17.1. The van der Waals surface area contributed by atoms with E-state index in [1.165, 1.54) is 0 Å². The van der Waals surface area contributed by atoms with Gasteiger partial charge in [-0.25, -0.2) is 4.98 Å². The van der Waals surface area contributed by atoms with Crippen LogP contribution in [-0.4, -0.2) is 34.7 Å². The first-order valence-corrected chi connectivity index (χ1v) is 9.75. The Labute approximate surface area is 174 Å². The normalized spacial score (nSPS) is 10.9. The molecule has 2 aromatic carbocycles. The van der Waals surface area contributed by atoms with Crippen LogP contribution >= 0.6 is 0 Å². The number of aromatic nitrogens is 3. The van der Waals surface area contributed by atoms with E-state index in [1.807, 2.05) is 54.6 Å². The maximum absolute atomic E-state index is 12.9. The highest BCUT2D eigenvalue weighted by molar-refractivity contribution is 6.07. The summed E-state index contributed by atoms with van der Waals surface area (Å²) < 4.78 is 10.3. The van der Waals surface area contributed by atoms with E-state index >= 15 is 0 Å². The topological polar surface area (TPSA) is 90.1 Å². The molecular weight excluding hydrogens is 380 g/mol. The SMILES string of the molecule is COc1ccc(-c2cc(C(=O)NCCCc3nc(C)no3)c3ccccc3n2)cc1. The molecule has 0 radical (unpaired) electrons. The smallest absolute Gasteiger partial charge is 0.252 e. The molecule has 0 saturated carbocycles. The molecule has 4 rings (SSSR count). The van der Waals surface area contributed by atoms with Gasteiger partial charge in [0, 0.05) is 23.9 Å². The minimum Gasteiger partial charge on any atom is -0.497 e. The zero-order chi connectivity index (χ0) is 20.9. The molecule has 0 fully saturated rings. The Morgan fingerprint density at radius 2 is 1.90 bits per heavy atom. The molecule has 0 bridgehead atoms. The Hall–Kier alpha value is -3.74. The minimum absolute atomic E-state index is 0.134. The number of methoxy groups -OCH3 is 1. The van der Waals surface area contributed by atoms with Crippen molar-refractivity contribution >= 4 is 16.8 Å². The Morgan fingerprint density at radius 1 is 1.10 bits per heavy atom. The predicted octanol–water partition coefficient (Wildman–Crippen LogP) is 3.96. The van der Waals surface area contributed by atoms with Crippen LogP contribution in [0.3, 0.4) is 0 Å². The van der Waals surface area contributed by atoms with Gasteiger partial charge in [0.25, 0.3) is 5.91 Å². The van der Waals surface area contributed by atoms with Gasteiger partial charge in [-0.05, 0) is 49.7 Å². The molecule has 2 aromatic heterocycles. The number of amides is 1. The molecule has 1 amide bonds. The average molecular weight is 402 g/mol. The fourth-order valence-electron chi connectivity index (χ4n) is 3.25. The minimum atomic E-state index is -0.134. The van der Waals surface area contributed by atoms with E-state index in [-0.39, 0.29) is 5.91 Å². The van der Waals surface area contributed by atoms with Gasteiger partial charge in [-0.3, -0.25) is 4.79 Å². The van der Waals surface area contributed by atoms with Crippen LogP contribution in [0.25, 0.3) is 22.2 Å². The molecule has 0 unspecified atom stereocenters. The number of nitrogens with one attached hydrogen (secondary N) is 1. The molecule has 0 aliphatic carbocycles. The van der Waals surface area contributed by atoms with Gasteiger partial charge in [-0.1, -0.05) is 23.4 Å². The van der Waals surface area contributed by atoms with Gasteiger partial charge in [0.15, 0.2) is 5.82 Å². The van der Waals surface area contributed by atoms with Crippen LogP contribution in [0.5, 0.6) is 5.75 Å². The highest BCUT2D eigenvalue weighted by atomic mass is 16.5. The molecule has 4 aromatic rings. The summed E-state index contributed by atoms with van der Waals surface area (Å²) in [7, 11) is 1.63. The van der Waals surface area contributed by atoms with E-state index in [9.17, 15) is 4.79 Å². The summed E-state index contributed by atoms with van der Waals surface area (Å²) in [5, 5.41) is 7.58. The number of hydrogen-bond acceptors (Lipinski definition) is 6. The summed E-state index contributed by atoms with van der Waals surface area (Å²) in [6.45, 7) is 2.29. The van der Waals surface area contributed by atoms with E-state index in [0.717, 1.165) is 27.9 Å². The molecule has 0 saturated heterocycles. The Morgan fingerprint density at radius 3 is 2.63 bits per heavy atom. The summed E-state index contributed by atoms with van der Waals surface area (Å²) >= 11 is 0. The molecule has 0 aliphatic heterocycles. The van der Waals surface area contributed by atoms with Crippen molar-refractivity contribution in [2.24, 2.45) is 0 Å². The second-order valence-corrected chi connectivity index (χ2v) is 6.90. The highest BCUT2D eigenvalue weighted by Gasteiger charge is 2.14. The summed E-state index contributed by atoms with van der Waals surface area (Å²) in [4.78, 5) is 21.9. The first-order chi connectivity index (χ1) is 14.6. The van der Waals surface area contributed by atoms with Gasteiger partial charge in [-0.15, -0.1) is 0 Å². The van der Waals surface area contributed by atoms with Crippen molar-refractivity contribution in [3.05, 3.63) is 71.9 Å². The quantitative estimate of drug-likeness (QED) is 0.471. The Balaban J connectivity index is 1.54. The first-order valence-electron chi connectivity index (χ1n) is 9.75. The van der Waals surface area contributed by atoms with E-state index in [4.69, 9.17) is 14.2 Å². The summed E-state index contributed by atoms with van der Waals surface area (Å²) in [5.74, 6) is 1.83. The number of benzene rings is 2. The van der Waals surface area contributed by atoms with Crippen LogP contribution in [0.15, 0.2) is 59.1 Å². The van der Waals surface area contributed by atoms with Gasteiger partial charge >= 0.3 is 0 Å². The van der Waals surface area contributed by atoms with Crippen LogP contribution < -0.4 is 10.1 Å². The third-order valence-corrected chi connectivity index (χ3v) is 4.77. The van der Waals surface area contributed by atoms with Crippen molar-refractivity contribution in [2.45, 2.75) is 19.8 Å². The Kier molecular flexibility index (Phi) is 5.70. The number of pyridine rings is 1. The average Bonchev–Trinajstić information content (AvgIpc) is 3.20. The van der Waals surface area contributed by atoms with E-state index in [1.54, 1.807) is 14.0 Å². The maximum atomic E-state index is 12.9. The molecule has 0 atom stereocenters. The highest BCUT2D eigenvalue weighted by Crippen LogP contribution is 2.26. The largest absolute Gasteiger partial charge is 0.497 e. The summed E-state index contributed by atoms with van der Waals surface area (Å²) in [5.41, 5.74) is 3.03. The van der Waals surface area contributed by atoms with Crippen LogP contribution in [0, 0.1) is 6.92 Å². The number of fused-ring (bicyclic) bond motifs is 1. The second-order valence-electron chi connectivity index (χ2n) is 6.90. The zero-order valence-electron chi connectivity index (χ0n) is 16.9. The van der Waals surface area contributed by atoms with Crippen molar-refractivity contribution < 1.29 is 14.1 Å². The van der Waals surface area contributed by atoms with Gasteiger partial charge in [0.1, 0.15) is 5.75 Å². The number of para-hydroxylation sites is 1.